The number of hydrogen-bond acceptors (Lipinski definition) is 4. The van der Waals surface area contributed by atoms with Crippen LogP contribution < -0.4 is 10.1 Å². The summed E-state index contributed by atoms with van der Waals surface area (Å²) in [5.74, 6) is 0.852. The van der Waals surface area contributed by atoms with Crippen LogP contribution in [0, 0.1) is 13.8 Å². The van der Waals surface area contributed by atoms with Crippen molar-refractivity contribution in [3.63, 3.8) is 0 Å². The molecule has 0 spiro atoms. The van der Waals surface area contributed by atoms with E-state index in [0.717, 1.165) is 35.2 Å². The smallest absolute Gasteiger partial charge is 0.416 e. The van der Waals surface area contributed by atoms with E-state index in [4.69, 9.17) is 4.74 Å². The number of carbonyl (C=O) groups is 1. The summed E-state index contributed by atoms with van der Waals surface area (Å²) in [5, 5.41) is 8.06. The Morgan fingerprint density at radius 2 is 1.78 bits per heavy atom. The lowest BCUT2D eigenvalue weighted by Gasteiger charge is -2.12. The number of aromatic nitrogens is 3. The number of aryl methyl sites for hydroxylation is 2. The monoisotopic (exact) mass is 440 g/mol. The summed E-state index contributed by atoms with van der Waals surface area (Å²) >= 11 is 0. The van der Waals surface area contributed by atoms with Crippen molar-refractivity contribution in [1.29, 1.82) is 0 Å². The maximum Gasteiger partial charge on any atom is 0.416 e. The van der Waals surface area contributed by atoms with Gasteiger partial charge in [0.1, 0.15) is 17.1 Å². The van der Waals surface area contributed by atoms with Gasteiger partial charge in [0.25, 0.3) is 5.91 Å². The molecule has 2 heterocycles. The van der Waals surface area contributed by atoms with Gasteiger partial charge in [0.2, 0.25) is 0 Å². The SMILES string of the molecule is COc1cccc2c(C)cc(-n3nc(C)cc3NC(=O)c3ccc(C(F)(F)F)cc3)nc12. The van der Waals surface area contributed by atoms with Crippen molar-refractivity contribution < 1.29 is 22.7 Å². The van der Waals surface area contributed by atoms with Crippen LogP contribution in [0.15, 0.2) is 54.6 Å². The number of pyridine rings is 1. The van der Waals surface area contributed by atoms with E-state index in [0.29, 0.717) is 28.6 Å². The van der Waals surface area contributed by atoms with Gasteiger partial charge in [-0.15, -0.1) is 0 Å². The molecule has 0 unspecified atom stereocenters. The predicted molar refractivity (Wildman–Crippen MR) is 114 cm³/mol. The molecule has 4 rings (SSSR count). The summed E-state index contributed by atoms with van der Waals surface area (Å²) in [6.07, 6.45) is -4.47. The van der Waals surface area contributed by atoms with Crippen LogP contribution in [-0.4, -0.2) is 27.8 Å². The summed E-state index contributed by atoms with van der Waals surface area (Å²) in [4.78, 5) is 17.3. The maximum absolute atomic E-state index is 12.8. The zero-order valence-electron chi connectivity index (χ0n) is 17.5. The Bertz CT molecular complexity index is 1310. The van der Waals surface area contributed by atoms with Crippen molar-refractivity contribution >= 4 is 22.6 Å². The second kappa shape index (κ2) is 7.99. The molecule has 2 aromatic heterocycles. The molecule has 1 amide bonds. The first-order valence-corrected chi connectivity index (χ1v) is 9.67. The van der Waals surface area contributed by atoms with Crippen molar-refractivity contribution in [2.75, 3.05) is 12.4 Å². The first-order valence-electron chi connectivity index (χ1n) is 9.67. The van der Waals surface area contributed by atoms with E-state index in [1.165, 1.54) is 4.68 Å². The number of nitrogens with zero attached hydrogens (tertiary/aromatic N) is 3. The van der Waals surface area contributed by atoms with Crippen molar-refractivity contribution in [3.8, 4) is 11.6 Å². The van der Waals surface area contributed by atoms with Gasteiger partial charge in [0.15, 0.2) is 5.82 Å². The molecule has 32 heavy (non-hydrogen) atoms. The van der Waals surface area contributed by atoms with Crippen molar-refractivity contribution in [2.24, 2.45) is 0 Å². The van der Waals surface area contributed by atoms with Crippen LogP contribution in [0.1, 0.15) is 27.2 Å². The van der Waals surface area contributed by atoms with Crippen LogP contribution in [0.2, 0.25) is 0 Å². The molecule has 2 aromatic carbocycles. The average molecular weight is 440 g/mol. The fraction of sp³-hybridized carbons (Fsp3) is 0.174. The molecule has 0 saturated heterocycles. The number of benzene rings is 2. The van der Waals surface area contributed by atoms with Gasteiger partial charge in [-0.25, -0.2) is 4.98 Å². The molecule has 4 aromatic rings. The van der Waals surface area contributed by atoms with Gasteiger partial charge >= 0.3 is 6.18 Å². The quantitative estimate of drug-likeness (QED) is 0.467. The third-order valence-corrected chi connectivity index (χ3v) is 4.98. The van der Waals surface area contributed by atoms with Crippen LogP contribution in [0.5, 0.6) is 5.75 Å². The number of ether oxygens (including phenoxy) is 1. The van der Waals surface area contributed by atoms with Gasteiger partial charge in [0, 0.05) is 17.0 Å². The number of carbonyl (C=O) groups excluding carboxylic acids is 1. The van der Waals surface area contributed by atoms with Crippen LogP contribution in [-0.2, 0) is 6.18 Å². The van der Waals surface area contributed by atoms with Gasteiger partial charge in [-0.05, 0) is 55.8 Å². The Hall–Kier alpha value is -3.88. The first-order chi connectivity index (χ1) is 15.2. The van der Waals surface area contributed by atoms with E-state index in [2.05, 4.69) is 15.4 Å². The highest BCUT2D eigenvalue weighted by molar-refractivity contribution is 6.04. The lowest BCUT2D eigenvalue weighted by atomic mass is 10.1. The minimum Gasteiger partial charge on any atom is -0.494 e. The number of anilines is 1. The summed E-state index contributed by atoms with van der Waals surface area (Å²) in [5.41, 5.74) is 1.50. The lowest BCUT2D eigenvalue weighted by molar-refractivity contribution is -0.137. The van der Waals surface area contributed by atoms with Gasteiger partial charge < -0.3 is 10.1 Å². The molecule has 0 radical (unpaired) electrons. The van der Waals surface area contributed by atoms with Crippen LogP contribution >= 0.6 is 0 Å². The molecular formula is C23H19F3N4O2. The number of amides is 1. The molecule has 9 heteroatoms. The van der Waals surface area contributed by atoms with E-state index >= 15 is 0 Å². The molecule has 0 aliphatic heterocycles. The zero-order chi connectivity index (χ0) is 23.0. The molecule has 0 bridgehead atoms. The van der Waals surface area contributed by atoms with Crippen molar-refractivity contribution in [2.45, 2.75) is 20.0 Å². The largest absolute Gasteiger partial charge is 0.494 e. The Labute approximate surface area is 181 Å². The third-order valence-electron chi connectivity index (χ3n) is 4.98. The van der Waals surface area contributed by atoms with E-state index in [1.807, 2.05) is 25.1 Å². The second-order valence-corrected chi connectivity index (χ2v) is 7.27. The van der Waals surface area contributed by atoms with E-state index in [9.17, 15) is 18.0 Å². The van der Waals surface area contributed by atoms with Crippen LogP contribution in [0.25, 0.3) is 16.7 Å². The molecule has 164 valence electrons. The maximum atomic E-state index is 12.8. The highest BCUT2D eigenvalue weighted by Crippen LogP contribution is 2.30. The van der Waals surface area contributed by atoms with Crippen molar-refractivity contribution in [3.05, 3.63) is 77.0 Å². The topological polar surface area (TPSA) is 69.0 Å². The summed E-state index contributed by atoms with van der Waals surface area (Å²) in [6.45, 7) is 3.70. The molecule has 6 nitrogen and oxygen atoms in total. The Balaban J connectivity index is 1.70. The van der Waals surface area contributed by atoms with Gasteiger partial charge in [-0.3, -0.25) is 4.79 Å². The van der Waals surface area contributed by atoms with E-state index < -0.39 is 17.6 Å². The van der Waals surface area contributed by atoms with Crippen molar-refractivity contribution in [1.82, 2.24) is 14.8 Å². The molecule has 0 atom stereocenters. The standard InChI is InChI=1S/C23H19F3N4O2/c1-13-11-19(27-21-17(13)5-4-6-18(21)32-3)30-20(12-14(2)29-30)28-22(31)15-7-9-16(10-8-15)23(24,25)26/h4-12H,1-3H3,(H,28,31). The number of rotatable bonds is 4. The number of nitrogens with one attached hydrogen (secondary N) is 1. The van der Waals surface area contributed by atoms with Gasteiger partial charge in [0.05, 0.1) is 18.4 Å². The number of fused-ring (bicyclic) bond motifs is 1. The first kappa shape index (κ1) is 21.4. The second-order valence-electron chi connectivity index (χ2n) is 7.27. The molecular weight excluding hydrogens is 421 g/mol. The fourth-order valence-electron chi connectivity index (χ4n) is 3.41. The minimum atomic E-state index is -4.47. The minimum absolute atomic E-state index is 0.0905. The number of alkyl halides is 3. The molecule has 0 aliphatic rings. The number of para-hydroxylation sites is 1. The van der Waals surface area contributed by atoms with E-state index in [1.54, 1.807) is 26.2 Å². The van der Waals surface area contributed by atoms with Crippen LogP contribution in [0.3, 0.4) is 0 Å². The molecule has 0 saturated carbocycles. The predicted octanol–water partition coefficient (Wildman–Crippen LogP) is 5.32. The number of methoxy groups -OCH3 is 1. The van der Waals surface area contributed by atoms with Gasteiger partial charge in [-0.1, -0.05) is 12.1 Å². The van der Waals surface area contributed by atoms with Gasteiger partial charge in [-0.2, -0.15) is 23.0 Å². The highest BCUT2D eigenvalue weighted by Gasteiger charge is 2.30. The fourth-order valence-corrected chi connectivity index (χ4v) is 3.41. The van der Waals surface area contributed by atoms with E-state index in [-0.39, 0.29) is 5.56 Å². The molecule has 0 fully saturated rings. The zero-order valence-corrected chi connectivity index (χ0v) is 17.5. The molecule has 1 N–H and O–H groups in total. The summed E-state index contributed by atoms with van der Waals surface area (Å²) in [7, 11) is 1.56. The number of hydrogen-bond donors (Lipinski definition) is 1. The summed E-state index contributed by atoms with van der Waals surface area (Å²) in [6, 6.07) is 13.1. The Morgan fingerprint density at radius 1 is 1.06 bits per heavy atom. The highest BCUT2D eigenvalue weighted by atomic mass is 19.4. The normalized spacial score (nSPS) is 11.6. The average Bonchev–Trinajstić information content (AvgIpc) is 3.12. The Morgan fingerprint density at radius 3 is 2.44 bits per heavy atom. The Kier molecular flexibility index (Phi) is 5.33. The number of halogens is 3. The van der Waals surface area contributed by atoms with Crippen LogP contribution in [0.4, 0.5) is 19.0 Å². The lowest BCUT2D eigenvalue weighted by Crippen LogP contribution is -2.16. The summed E-state index contributed by atoms with van der Waals surface area (Å²) < 4.78 is 45.2. The molecule has 0 aliphatic carbocycles. The third kappa shape index (κ3) is 4.01.